The summed E-state index contributed by atoms with van der Waals surface area (Å²) in [4.78, 5) is 19.3. The Morgan fingerprint density at radius 1 is 0.475 bits per heavy atom. The molecular formula is C52H58N4O3. The highest BCUT2D eigenvalue weighted by molar-refractivity contribution is 5.67. The Hall–Kier alpha value is -5.24. The smallest absolute Gasteiger partial charge is 0.159 e. The standard InChI is InChI=1S/C52H58N4O3/c1-5-7-9-11-13-37-15-19-39(20-16-37)45-31-53-49(54-32-45)41-23-25-47(43(27-41)29-51(3)35-57-51)59-48-26-24-42(28-44(48)30-52(4)36-58-52)50-55-33-46(34-56-50)40-21-17-38(18-22-40)14-12-10-8-6-2/h15-28,31-34H,5-14,29-30,35-36H2,1-4H3/t51-,52-/m0/s1. The molecule has 2 fully saturated rings. The van der Waals surface area contributed by atoms with Crippen LogP contribution in [0.5, 0.6) is 11.5 Å². The van der Waals surface area contributed by atoms with Gasteiger partial charge < -0.3 is 14.2 Å². The predicted octanol–water partition coefficient (Wildman–Crippen LogP) is 12.6. The van der Waals surface area contributed by atoms with Gasteiger partial charge in [-0.25, -0.2) is 19.9 Å². The number of aryl methyl sites for hydroxylation is 2. The van der Waals surface area contributed by atoms with Gasteiger partial charge in [-0.2, -0.15) is 0 Å². The molecule has 2 aliphatic heterocycles. The predicted molar refractivity (Wildman–Crippen MR) is 238 cm³/mol. The van der Waals surface area contributed by atoms with Gasteiger partial charge in [-0.1, -0.05) is 101 Å². The van der Waals surface area contributed by atoms with E-state index in [2.05, 4.69) is 88.4 Å². The maximum atomic E-state index is 6.82. The number of nitrogens with zero attached hydrogens (tertiary/aromatic N) is 4. The number of hydrogen-bond acceptors (Lipinski definition) is 7. The number of benzene rings is 4. The van der Waals surface area contributed by atoms with Crippen molar-refractivity contribution in [1.82, 2.24) is 19.9 Å². The maximum Gasteiger partial charge on any atom is 0.159 e. The molecule has 8 rings (SSSR count). The lowest BCUT2D eigenvalue weighted by molar-refractivity contribution is 0.317. The third-order valence-electron chi connectivity index (χ3n) is 11.8. The van der Waals surface area contributed by atoms with Gasteiger partial charge in [-0.05, 0) is 109 Å². The van der Waals surface area contributed by atoms with E-state index in [9.17, 15) is 0 Å². The summed E-state index contributed by atoms with van der Waals surface area (Å²) in [5.41, 5.74) is 10.6. The quantitative estimate of drug-likeness (QED) is 0.0562. The fraction of sp³-hybridized carbons (Fsp3) is 0.385. The Morgan fingerprint density at radius 2 is 0.847 bits per heavy atom. The molecule has 4 aromatic carbocycles. The Kier molecular flexibility index (Phi) is 12.6. The van der Waals surface area contributed by atoms with E-state index in [0.29, 0.717) is 11.6 Å². The number of aromatic nitrogens is 4. The maximum absolute atomic E-state index is 6.82. The zero-order valence-electron chi connectivity index (χ0n) is 35.3. The lowest BCUT2D eigenvalue weighted by Gasteiger charge is -2.18. The van der Waals surface area contributed by atoms with Gasteiger partial charge in [0.1, 0.15) is 11.5 Å². The summed E-state index contributed by atoms with van der Waals surface area (Å²) in [5.74, 6) is 2.95. The fourth-order valence-corrected chi connectivity index (χ4v) is 7.78. The van der Waals surface area contributed by atoms with Crippen LogP contribution in [0, 0.1) is 0 Å². The first kappa shape index (κ1) is 40.5. The first-order chi connectivity index (χ1) is 28.8. The summed E-state index contributed by atoms with van der Waals surface area (Å²) in [6.07, 6.45) is 21.6. The van der Waals surface area contributed by atoms with E-state index in [1.54, 1.807) is 0 Å². The van der Waals surface area contributed by atoms with Gasteiger partial charge >= 0.3 is 0 Å². The van der Waals surface area contributed by atoms with Crippen molar-refractivity contribution < 1.29 is 14.2 Å². The van der Waals surface area contributed by atoms with Crippen LogP contribution in [-0.2, 0) is 35.2 Å². The van der Waals surface area contributed by atoms with Crippen LogP contribution in [0.25, 0.3) is 45.0 Å². The van der Waals surface area contributed by atoms with Crippen molar-refractivity contribution >= 4 is 0 Å². The van der Waals surface area contributed by atoms with Crippen LogP contribution in [0.4, 0.5) is 0 Å². The molecule has 0 N–H and O–H groups in total. The zero-order valence-corrected chi connectivity index (χ0v) is 35.3. The van der Waals surface area contributed by atoms with E-state index in [-0.39, 0.29) is 11.2 Å². The van der Waals surface area contributed by atoms with Crippen LogP contribution >= 0.6 is 0 Å². The van der Waals surface area contributed by atoms with Crippen LogP contribution in [0.3, 0.4) is 0 Å². The Labute approximate surface area is 350 Å². The molecule has 0 spiro atoms. The van der Waals surface area contributed by atoms with E-state index in [1.165, 1.54) is 62.5 Å². The van der Waals surface area contributed by atoms with Crippen molar-refractivity contribution in [3.63, 3.8) is 0 Å². The number of hydrogen-bond donors (Lipinski definition) is 0. The van der Waals surface area contributed by atoms with E-state index < -0.39 is 0 Å². The van der Waals surface area contributed by atoms with Gasteiger partial charge in [0.15, 0.2) is 11.6 Å². The number of epoxide rings is 2. The van der Waals surface area contributed by atoms with E-state index >= 15 is 0 Å². The molecule has 4 heterocycles. The first-order valence-corrected chi connectivity index (χ1v) is 21.8. The Bertz CT molecular complexity index is 2130. The average Bonchev–Trinajstić information content (AvgIpc) is 4.20. The zero-order chi connectivity index (χ0) is 40.7. The molecule has 304 valence electrons. The normalized spacial score (nSPS) is 18.2. The second-order valence-electron chi connectivity index (χ2n) is 17.2. The van der Waals surface area contributed by atoms with Gasteiger partial charge in [-0.15, -0.1) is 0 Å². The molecule has 59 heavy (non-hydrogen) atoms. The van der Waals surface area contributed by atoms with Gasteiger partial charge in [0.25, 0.3) is 0 Å². The highest BCUT2D eigenvalue weighted by Gasteiger charge is 2.41. The molecule has 7 nitrogen and oxygen atoms in total. The minimum absolute atomic E-state index is 0.217. The highest BCUT2D eigenvalue weighted by atomic mass is 16.6. The third kappa shape index (κ3) is 10.7. The van der Waals surface area contributed by atoms with Crippen molar-refractivity contribution in [2.24, 2.45) is 0 Å². The minimum atomic E-state index is -0.217. The number of unbranched alkanes of at least 4 members (excludes halogenated alkanes) is 6. The summed E-state index contributed by atoms with van der Waals surface area (Å²) < 4.78 is 18.6. The van der Waals surface area contributed by atoms with Crippen LogP contribution in [0.2, 0.25) is 0 Å². The molecule has 0 aliphatic carbocycles. The van der Waals surface area contributed by atoms with Crippen molar-refractivity contribution in [2.75, 3.05) is 13.2 Å². The highest BCUT2D eigenvalue weighted by Crippen LogP contribution is 2.40. The Balaban J connectivity index is 0.991. The molecule has 0 unspecified atom stereocenters. The minimum Gasteiger partial charge on any atom is -0.457 e. The molecule has 2 atom stereocenters. The summed E-state index contributed by atoms with van der Waals surface area (Å²) in [6, 6.07) is 30.2. The van der Waals surface area contributed by atoms with Crippen LogP contribution in [0.15, 0.2) is 110 Å². The molecule has 0 saturated carbocycles. The van der Waals surface area contributed by atoms with Crippen molar-refractivity contribution in [3.8, 4) is 56.5 Å². The summed E-state index contributed by atoms with van der Waals surface area (Å²) in [7, 11) is 0. The molecule has 0 radical (unpaired) electrons. The van der Waals surface area contributed by atoms with Crippen molar-refractivity contribution in [2.45, 2.75) is 116 Å². The molecule has 7 heteroatoms. The molecular weight excluding hydrogens is 729 g/mol. The van der Waals surface area contributed by atoms with E-state index in [0.717, 1.165) is 94.9 Å². The van der Waals surface area contributed by atoms with Crippen molar-refractivity contribution in [3.05, 3.63) is 132 Å². The summed E-state index contributed by atoms with van der Waals surface area (Å²) >= 11 is 0. The number of ether oxygens (including phenoxy) is 3. The second-order valence-corrected chi connectivity index (χ2v) is 17.2. The molecule has 2 saturated heterocycles. The molecule has 0 bridgehead atoms. The topological polar surface area (TPSA) is 85.9 Å². The molecule has 2 aromatic heterocycles. The lowest BCUT2D eigenvalue weighted by atomic mass is 9.97. The average molecular weight is 787 g/mol. The van der Waals surface area contributed by atoms with Gasteiger partial charge in [0, 0.05) is 59.9 Å². The van der Waals surface area contributed by atoms with Gasteiger partial charge in [0.2, 0.25) is 0 Å². The Morgan fingerprint density at radius 3 is 1.20 bits per heavy atom. The SMILES string of the molecule is CCCCCCc1ccc(-c2cnc(-c3ccc(Oc4ccc(-c5ncc(-c6ccc(CCCCCC)cc6)cn5)cc4C[C@@]4(C)CO4)c(C[C@@]4(C)CO4)c3)nc2)cc1. The largest absolute Gasteiger partial charge is 0.457 e. The third-order valence-corrected chi connectivity index (χ3v) is 11.8. The van der Waals surface area contributed by atoms with E-state index in [1.807, 2.05) is 49.1 Å². The molecule has 0 amide bonds. The second kappa shape index (κ2) is 18.4. The summed E-state index contributed by atoms with van der Waals surface area (Å²) in [6.45, 7) is 10.2. The summed E-state index contributed by atoms with van der Waals surface area (Å²) in [5, 5.41) is 0. The number of rotatable bonds is 20. The van der Waals surface area contributed by atoms with Crippen LogP contribution < -0.4 is 4.74 Å². The van der Waals surface area contributed by atoms with Crippen LogP contribution in [-0.4, -0.2) is 44.4 Å². The van der Waals surface area contributed by atoms with Gasteiger partial charge in [0.05, 0.1) is 24.4 Å². The van der Waals surface area contributed by atoms with Crippen LogP contribution in [0.1, 0.15) is 101 Å². The van der Waals surface area contributed by atoms with Crippen molar-refractivity contribution in [1.29, 1.82) is 0 Å². The monoisotopic (exact) mass is 786 g/mol. The van der Waals surface area contributed by atoms with Gasteiger partial charge in [-0.3, -0.25) is 0 Å². The molecule has 2 aliphatic rings. The first-order valence-electron chi connectivity index (χ1n) is 21.8. The van der Waals surface area contributed by atoms with E-state index in [4.69, 9.17) is 34.1 Å². The fourth-order valence-electron chi connectivity index (χ4n) is 7.78. The molecule has 6 aromatic rings. The lowest BCUT2D eigenvalue weighted by Crippen LogP contribution is -2.11.